The Hall–Kier alpha value is -2.38. The molecule has 0 amide bonds. The quantitative estimate of drug-likeness (QED) is 0.819. The lowest BCUT2D eigenvalue weighted by molar-refractivity contribution is -0.137. The molecule has 0 aliphatic carbocycles. The molecule has 0 aromatic carbocycles. The number of aryl methyl sites for hydroxylation is 1. The Morgan fingerprint density at radius 3 is 2.62 bits per heavy atom. The lowest BCUT2D eigenvalue weighted by Gasteiger charge is -2.39. The zero-order valence-electron chi connectivity index (χ0n) is 14.4. The van der Waals surface area contributed by atoms with Gasteiger partial charge in [-0.25, -0.2) is 15.0 Å². The van der Waals surface area contributed by atoms with E-state index in [-0.39, 0.29) is 6.04 Å². The molecule has 2 aromatic rings. The van der Waals surface area contributed by atoms with Gasteiger partial charge in [0, 0.05) is 37.6 Å². The van der Waals surface area contributed by atoms with Crippen LogP contribution in [0.2, 0.25) is 0 Å². The van der Waals surface area contributed by atoms with Crippen molar-refractivity contribution >= 4 is 11.6 Å². The molecule has 0 spiro atoms. The first kappa shape index (κ1) is 17.1. The summed E-state index contributed by atoms with van der Waals surface area (Å²) in [5.41, 5.74) is 0.255. The fourth-order valence-electron chi connectivity index (χ4n) is 4.00. The van der Waals surface area contributed by atoms with Crippen molar-refractivity contribution < 1.29 is 13.2 Å². The number of alkyl halides is 3. The van der Waals surface area contributed by atoms with Gasteiger partial charge in [-0.1, -0.05) is 0 Å². The molecule has 0 radical (unpaired) electrons. The van der Waals surface area contributed by atoms with Crippen LogP contribution in [0.15, 0.2) is 30.7 Å². The van der Waals surface area contributed by atoms with Gasteiger partial charge in [0.2, 0.25) is 0 Å². The molecule has 2 aromatic heterocycles. The minimum absolute atomic E-state index is 0.231. The van der Waals surface area contributed by atoms with Gasteiger partial charge in [0.15, 0.2) is 0 Å². The highest BCUT2D eigenvalue weighted by Crippen LogP contribution is 2.36. The Kier molecular flexibility index (Phi) is 4.20. The van der Waals surface area contributed by atoms with Crippen LogP contribution >= 0.6 is 0 Å². The first-order valence-corrected chi connectivity index (χ1v) is 8.75. The highest BCUT2D eigenvalue weighted by Gasteiger charge is 2.40. The van der Waals surface area contributed by atoms with E-state index in [4.69, 9.17) is 0 Å². The average Bonchev–Trinajstić information content (AvgIpc) is 3.04. The van der Waals surface area contributed by atoms with Gasteiger partial charge < -0.3 is 9.80 Å². The molecular weight excluding hydrogens is 343 g/mol. The summed E-state index contributed by atoms with van der Waals surface area (Å²) in [5, 5.41) is 0. The maximum atomic E-state index is 13.0. The summed E-state index contributed by atoms with van der Waals surface area (Å²) >= 11 is 0. The normalized spacial score (nSPS) is 23.2. The monoisotopic (exact) mass is 363 g/mol. The highest BCUT2D eigenvalue weighted by atomic mass is 19.4. The van der Waals surface area contributed by atoms with Crippen LogP contribution in [-0.2, 0) is 6.18 Å². The van der Waals surface area contributed by atoms with Crippen LogP contribution in [0.1, 0.15) is 24.1 Å². The third-order valence-corrected chi connectivity index (χ3v) is 5.34. The number of hydrogen-bond acceptors (Lipinski definition) is 5. The van der Waals surface area contributed by atoms with Gasteiger partial charge in [0.25, 0.3) is 0 Å². The van der Waals surface area contributed by atoms with Crippen LogP contribution < -0.4 is 9.80 Å². The summed E-state index contributed by atoms with van der Waals surface area (Å²) in [6.07, 6.45) is 0.478. The van der Waals surface area contributed by atoms with Gasteiger partial charge in [0.05, 0.1) is 11.6 Å². The molecule has 26 heavy (non-hydrogen) atoms. The van der Waals surface area contributed by atoms with Crippen molar-refractivity contribution in [1.82, 2.24) is 15.0 Å². The van der Waals surface area contributed by atoms with E-state index in [0.29, 0.717) is 18.3 Å². The summed E-state index contributed by atoms with van der Waals surface area (Å²) in [6.45, 7) is 4.22. The van der Waals surface area contributed by atoms with Gasteiger partial charge in [-0.2, -0.15) is 13.2 Å². The standard InChI is InChI=1S/C18H20F3N5/c1-12-8-17(24-11-23-12)26-7-4-13-3-6-25(10-15(13)26)16-9-14(2-5-22-16)18(19,20)21/h2,5,8-9,11,13,15H,3-4,6-7,10H2,1H3. The Bertz CT molecular complexity index is 794. The van der Waals surface area contributed by atoms with Gasteiger partial charge in [0.1, 0.15) is 18.0 Å². The van der Waals surface area contributed by atoms with Crippen molar-refractivity contribution in [3.8, 4) is 0 Å². The molecule has 0 saturated carbocycles. The van der Waals surface area contributed by atoms with E-state index in [9.17, 15) is 13.2 Å². The summed E-state index contributed by atoms with van der Waals surface area (Å²) < 4.78 is 39.0. The maximum absolute atomic E-state index is 13.0. The minimum atomic E-state index is -4.35. The third kappa shape index (κ3) is 3.20. The third-order valence-electron chi connectivity index (χ3n) is 5.34. The fourth-order valence-corrected chi connectivity index (χ4v) is 4.00. The smallest absolute Gasteiger partial charge is 0.355 e. The molecule has 0 bridgehead atoms. The van der Waals surface area contributed by atoms with Gasteiger partial charge in [-0.05, 0) is 37.8 Å². The molecular formula is C18H20F3N5. The molecule has 5 nitrogen and oxygen atoms in total. The van der Waals surface area contributed by atoms with Gasteiger partial charge >= 0.3 is 6.18 Å². The molecule has 0 N–H and O–H groups in total. The summed E-state index contributed by atoms with van der Waals surface area (Å²) in [7, 11) is 0. The molecule has 2 saturated heterocycles. The van der Waals surface area contributed by atoms with E-state index in [0.717, 1.165) is 49.6 Å². The second-order valence-corrected chi connectivity index (χ2v) is 6.96. The summed E-state index contributed by atoms with van der Waals surface area (Å²) in [5.74, 6) is 1.82. The van der Waals surface area contributed by atoms with Gasteiger partial charge in [-0.15, -0.1) is 0 Å². The molecule has 2 atom stereocenters. The van der Waals surface area contributed by atoms with Crippen molar-refractivity contribution in [2.24, 2.45) is 5.92 Å². The second kappa shape index (κ2) is 6.41. The van der Waals surface area contributed by atoms with Crippen molar-refractivity contribution in [3.63, 3.8) is 0 Å². The zero-order valence-corrected chi connectivity index (χ0v) is 14.4. The van der Waals surface area contributed by atoms with Crippen LogP contribution in [0.3, 0.4) is 0 Å². The summed E-state index contributed by atoms with van der Waals surface area (Å²) in [6, 6.07) is 4.36. The predicted molar refractivity (Wildman–Crippen MR) is 92.1 cm³/mol. The van der Waals surface area contributed by atoms with E-state index in [1.165, 1.54) is 6.20 Å². The van der Waals surface area contributed by atoms with Crippen molar-refractivity contribution in [2.45, 2.75) is 32.0 Å². The molecule has 4 rings (SSSR count). The van der Waals surface area contributed by atoms with Crippen molar-refractivity contribution in [2.75, 3.05) is 29.4 Å². The second-order valence-electron chi connectivity index (χ2n) is 6.96. The first-order chi connectivity index (χ1) is 12.4. The number of aromatic nitrogens is 3. The zero-order chi connectivity index (χ0) is 18.3. The molecule has 2 fully saturated rings. The Balaban J connectivity index is 1.57. The maximum Gasteiger partial charge on any atom is 0.416 e. The number of pyridine rings is 1. The van der Waals surface area contributed by atoms with E-state index in [1.54, 1.807) is 6.33 Å². The lowest BCUT2D eigenvalue weighted by atomic mass is 9.92. The van der Waals surface area contributed by atoms with Crippen LogP contribution in [0.4, 0.5) is 24.8 Å². The topological polar surface area (TPSA) is 45.2 Å². The molecule has 2 unspecified atom stereocenters. The van der Waals surface area contributed by atoms with Crippen molar-refractivity contribution in [1.29, 1.82) is 0 Å². The van der Waals surface area contributed by atoms with E-state index >= 15 is 0 Å². The highest BCUT2D eigenvalue weighted by molar-refractivity contribution is 5.47. The predicted octanol–water partition coefficient (Wildman–Crippen LogP) is 3.30. The largest absolute Gasteiger partial charge is 0.416 e. The Morgan fingerprint density at radius 1 is 1.04 bits per heavy atom. The molecule has 138 valence electrons. The van der Waals surface area contributed by atoms with E-state index < -0.39 is 11.7 Å². The fraction of sp³-hybridized carbons (Fsp3) is 0.500. The average molecular weight is 363 g/mol. The summed E-state index contributed by atoms with van der Waals surface area (Å²) in [4.78, 5) is 16.9. The molecule has 4 heterocycles. The Morgan fingerprint density at radius 2 is 1.85 bits per heavy atom. The van der Waals surface area contributed by atoms with Crippen LogP contribution in [0, 0.1) is 12.8 Å². The van der Waals surface area contributed by atoms with Gasteiger partial charge in [-0.3, -0.25) is 0 Å². The van der Waals surface area contributed by atoms with E-state index in [1.807, 2.05) is 17.9 Å². The number of rotatable bonds is 2. The number of hydrogen-bond donors (Lipinski definition) is 0. The number of halogens is 3. The lowest BCUT2D eigenvalue weighted by Crippen LogP contribution is -2.48. The Labute approximate surface area is 149 Å². The number of fused-ring (bicyclic) bond motifs is 1. The number of piperidine rings is 1. The molecule has 2 aliphatic heterocycles. The number of anilines is 2. The first-order valence-electron chi connectivity index (χ1n) is 8.75. The van der Waals surface area contributed by atoms with Crippen molar-refractivity contribution in [3.05, 3.63) is 42.0 Å². The van der Waals surface area contributed by atoms with Crippen LogP contribution in [0.5, 0.6) is 0 Å². The minimum Gasteiger partial charge on any atom is -0.355 e. The van der Waals surface area contributed by atoms with E-state index in [2.05, 4.69) is 19.9 Å². The SMILES string of the molecule is Cc1cc(N2CCC3CCN(c4cc(C(F)(F)F)ccn4)CC32)ncn1. The van der Waals surface area contributed by atoms with Crippen LogP contribution in [0.25, 0.3) is 0 Å². The number of nitrogens with zero attached hydrogens (tertiary/aromatic N) is 5. The van der Waals surface area contributed by atoms with Crippen LogP contribution in [-0.4, -0.2) is 40.6 Å². The molecule has 2 aliphatic rings. The molecule has 8 heteroatoms.